The Hall–Kier alpha value is -1.47. The van der Waals surface area contributed by atoms with Crippen LogP contribution in [-0.4, -0.2) is 45.0 Å². The number of esters is 1. The molecule has 1 unspecified atom stereocenters. The Morgan fingerprint density at radius 2 is 2.24 bits per heavy atom. The van der Waals surface area contributed by atoms with Crippen LogP contribution in [0.5, 0.6) is 5.75 Å². The Morgan fingerprint density at radius 3 is 2.81 bits per heavy atom. The molecule has 0 aromatic carbocycles. The summed E-state index contributed by atoms with van der Waals surface area (Å²) in [4.78, 5) is 14.4. The van der Waals surface area contributed by atoms with Gasteiger partial charge in [-0.1, -0.05) is 0 Å². The SMILES string of the molecule is COC(=O)c1sc(N2CCOC(C)C2)c(OC(C)C)c1N. The average Bonchev–Trinajstić information content (AvgIpc) is 2.75. The second-order valence-corrected chi connectivity index (χ2v) is 6.26. The maximum absolute atomic E-state index is 11.8. The number of anilines is 2. The van der Waals surface area contributed by atoms with Gasteiger partial charge in [0.2, 0.25) is 0 Å². The number of thiophene rings is 1. The van der Waals surface area contributed by atoms with E-state index in [1.165, 1.54) is 18.4 Å². The van der Waals surface area contributed by atoms with Gasteiger partial charge in [0.25, 0.3) is 0 Å². The molecule has 0 radical (unpaired) electrons. The zero-order valence-corrected chi connectivity index (χ0v) is 13.7. The van der Waals surface area contributed by atoms with Gasteiger partial charge < -0.3 is 24.8 Å². The maximum atomic E-state index is 11.8. The maximum Gasteiger partial charge on any atom is 0.350 e. The molecular formula is C14H22N2O4S. The zero-order valence-electron chi connectivity index (χ0n) is 12.8. The van der Waals surface area contributed by atoms with Crippen molar-refractivity contribution in [2.75, 3.05) is 37.4 Å². The van der Waals surface area contributed by atoms with Crippen LogP contribution in [0.2, 0.25) is 0 Å². The first-order valence-electron chi connectivity index (χ1n) is 6.97. The molecule has 21 heavy (non-hydrogen) atoms. The first-order valence-corrected chi connectivity index (χ1v) is 7.79. The molecule has 1 aromatic rings. The summed E-state index contributed by atoms with van der Waals surface area (Å²) in [5.74, 6) is 0.142. The first kappa shape index (κ1) is 15.9. The van der Waals surface area contributed by atoms with Gasteiger partial charge in [-0.15, -0.1) is 11.3 Å². The topological polar surface area (TPSA) is 74.0 Å². The Labute approximate surface area is 128 Å². The molecular weight excluding hydrogens is 292 g/mol. The Balaban J connectivity index is 2.39. The van der Waals surface area contributed by atoms with Crippen molar-refractivity contribution in [1.29, 1.82) is 0 Å². The van der Waals surface area contributed by atoms with Gasteiger partial charge in [0.05, 0.1) is 25.9 Å². The normalized spacial score (nSPS) is 18.9. The van der Waals surface area contributed by atoms with Crippen molar-refractivity contribution in [3.63, 3.8) is 0 Å². The Bertz CT molecular complexity index is 515. The minimum absolute atomic E-state index is 0.0235. The monoisotopic (exact) mass is 314 g/mol. The van der Waals surface area contributed by atoms with Gasteiger partial charge in [-0.2, -0.15) is 0 Å². The second-order valence-electron chi connectivity index (χ2n) is 5.26. The molecule has 1 aromatic heterocycles. The molecule has 118 valence electrons. The summed E-state index contributed by atoms with van der Waals surface area (Å²) in [6, 6.07) is 0. The van der Waals surface area contributed by atoms with Crippen molar-refractivity contribution in [3.8, 4) is 5.75 Å². The molecule has 1 saturated heterocycles. The highest BCUT2D eigenvalue weighted by Gasteiger charge is 2.29. The van der Waals surface area contributed by atoms with Gasteiger partial charge in [-0.25, -0.2) is 4.79 Å². The third kappa shape index (κ3) is 3.41. The molecule has 1 aliphatic heterocycles. The van der Waals surface area contributed by atoms with Gasteiger partial charge >= 0.3 is 5.97 Å². The van der Waals surface area contributed by atoms with E-state index in [9.17, 15) is 4.79 Å². The third-order valence-electron chi connectivity index (χ3n) is 3.13. The number of ether oxygens (including phenoxy) is 3. The minimum Gasteiger partial charge on any atom is -0.486 e. The lowest BCUT2D eigenvalue weighted by Crippen LogP contribution is -2.40. The van der Waals surface area contributed by atoms with Crippen LogP contribution in [0.4, 0.5) is 10.7 Å². The number of carbonyl (C=O) groups excluding carboxylic acids is 1. The lowest BCUT2D eigenvalue weighted by Gasteiger charge is -2.32. The predicted octanol–water partition coefficient (Wildman–Crippen LogP) is 2.13. The molecule has 0 aliphatic carbocycles. The van der Waals surface area contributed by atoms with Crippen molar-refractivity contribution >= 4 is 28.0 Å². The zero-order chi connectivity index (χ0) is 15.6. The number of rotatable bonds is 4. The average molecular weight is 314 g/mol. The van der Waals surface area contributed by atoms with Crippen LogP contribution in [0.25, 0.3) is 0 Å². The van der Waals surface area contributed by atoms with E-state index < -0.39 is 5.97 Å². The smallest absolute Gasteiger partial charge is 0.350 e. The van der Waals surface area contributed by atoms with Crippen LogP contribution in [0.15, 0.2) is 0 Å². The van der Waals surface area contributed by atoms with Crippen LogP contribution in [-0.2, 0) is 9.47 Å². The fourth-order valence-electron chi connectivity index (χ4n) is 2.22. The quantitative estimate of drug-likeness (QED) is 0.858. The van der Waals surface area contributed by atoms with Gasteiger partial charge in [-0.05, 0) is 20.8 Å². The van der Waals surface area contributed by atoms with Crippen LogP contribution in [0, 0.1) is 0 Å². The molecule has 2 heterocycles. The fourth-order valence-corrected chi connectivity index (χ4v) is 3.33. The lowest BCUT2D eigenvalue weighted by atomic mass is 10.3. The number of hydrogen-bond donors (Lipinski definition) is 1. The number of hydrogen-bond acceptors (Lipinski definition) is 7. The molecule has 1 fully saturated rings. The largest absolute Gasteiger partial charge is 0.486 e. The highest BCUT2D eigenvalue weighted by atomic mass is 32.1. The van der Waals surface area contributed by atoms with Crippen molar-refractivity contribution in [3.05, 3.63) is 4.88 Å². The van der Waals surface area contributed by atoms with Crippen LogP contribution >= 0.6 is 11.3 Å². The molecule has 0 amide bonds. The molecule has 0 spiro atoms. The molecule has 1 atom stereocenters. The molecule has 0 saturated carbocycles. The van der Waals surface area contributed by atoms with Gasteiger partial charge in [-0.3, -0.25) is 0 Å². The van der Waals surface area contributed by atoms with Crippen LogP contribution < -0.4 is 15.4 Å². The van der Waals surface area contributed by atoms with Crippen molar-refractivity contribution in [2.45, 2.75) is 33.0 Å². The number of carbonyl (C=O) groups is 1. The van der Waals surface area contributed by atoms with Crippen molar-refractivity contribution < 1.29 is 19.0 Å². The minimum atomic E-state index is -0.432. The summed E-state index contributed by atoms with van der Waals surface area (Å²) >= 11 is 1.32. The molecule has 7 heteroatoms. The standard InChI is InChI=1S/C14H22N2O4S/c1-8(2)20-11-10(15)12(14(17)18-4)21-13(11)16-5-6-19-9(3)7-16/h8-9H,5-7,15H2,1-4H3. The van der Waals surface area contributed by atoms with E-state index in [-0.39, 0.29) is 12.2 Å². The van der Waals surface area contributed by atoms with Gasteiger partial charge in [0.15, 0.2) is 5.75 Å². The molecule has 0 bridgehead atoms. The van der Waals surface area contributed by atoms with Gasteiger partial charge in [0, 0.05) is 13.1 Å². The number of nitrogen functional groups attached to an aromatic ring is 1. The van der Waals surface area contributed by atoms with E-state index in [2.05, 4.69) is 4.90 Å². The van der Waals surface area contributed by atoms with Gasteiger partial charge in [0.1, 0.15) is 15.6 Å². The number of methoxy groups -OCH3 is 1. The van der Waals surface area contributed by atoms with Crippen LogP contribution in [0.3, 0.4) is 0 Å². The molecule has 1 aliphatic rings. The third-order valence-corrected chi connectivity index (χ3v) is 4.36. The molecule has 2 N–H and O–H groups in total. The lowest BCUT2D eigenvalue weighted by molar-refractivity contribution is 0.0532. The number of nitrogens with two attached hydrogens (primary N) is 1. The van der Waals surface area contributed by atoms with E-state index in [1.54, 1.807) is 0 Å². The van der Waals surface area contributed by atoms with E-state index in [0.29, 0.717) is 22.9 Å². The van der Waals surface area contributed by atoms with E-state index in [4.69, 9.17) is 19.9 Å². The molecule has 6 nitrogen and oxygen atoms in total. The van der Waals surface area contributed by atoms with Crippen LogP contribution in [0.1, 0.15) is 30.4 Å². The van der Waals surface area contributed by atoms with E-state index in [1.807, 2.05) is 20.8 Å². The Morgan fingerprint density at radius 1 is 1.52 bits per heavy atom. The summed E-state index contributed by atoms with van der Waals surface area (Å²) in [6.07, 6.45) is 0.111. The second kappa shape index (κ2) is 6.53. The van der Waals surface area contributed by atoms with Crippen molar-refractivity contribution in [2.24, 2.45) is 0 Å². The number of nitrogens with zero attached hydrogens (tertiary/aromatic N) is 1. The predicted molar refractivity (Wildman–Crippen MR) is 83.5 cm³/mol. The highest BCUT2D eigenvalue weighted by molar-refractivity contribution is 7.19. The summed E-state index contributed by atoms with van der Waals surface area (Å²) in [5.41, 5.74) is 6.45. The summed E-state index contributed by atoms with van der Waals surface area (Å²) < 4.78 is 16.2. The summed E-state index contributed by atoms with van der Waals surface area (Å²) in [5, 5.41) is 0.872. The first-order chi connectivity index (χ1) is 9.93. The highest BCUT2D eigenvalue weighted by Crippen LogP contribution is 2.46. The summed E-state index contributed by atoms with van der Waals surface area (Å²) in [7, 11) is 1.35. The van der Waals surface area contributed by atoms with E-state index in [0.717, 1.165) is 18.1 Å². The summed E-state index contributed by atoms with van der Waals surface area (Å²) in [6.45, 7) is 8.02. The Kier molecular flexibility index (Phi) is 4.95. The van der Waals surface area contributed by atoms with Crippen molar-refractivity contribution in [1.82, 2.24) is 0 Å². The molecule has 2 rings (SSSR count). The fraction of sp³-hybridized carbons (Fsp3) is 0.643. The number of morpholine rings is 1. The van der Waals surface area contributed by atoms with E-state index >= 15 is 0 Å².